The van der Waals surface area contributed by atoms with E-state index in [9.17, 15) is 8.42 Å². The van der Waals surface area contributed by atoms with Crippen LogP contribution < -0.4 is 0 Å². The molecule has 6 heteroatoms. The van der Waals surface area contributed by atoms with Crippen LogP contribution in [0.4, 0.5) is 0 Å². The molecule has 0 aliphatic rings. The minimum absolute atomic E-state index is 0.0105. The van der Waals surface area contributed by atoms with Gasteiger partial charge in [-0.3, -0.25) is 4.18 Å². The van der Waals surface area contributed by atoms with Crippen LogP contribution in [0.3, 0.4) is 0 Å². The number of benzene rings is 1. The average molecular weight is 300 g/mol. The zero-order valence-corrected chi connectivity index (χ0v) is 10.5. The van der Waals surface area contributed by atoms with Gasteiger partial charge in [0.2, 0.25) is 0 Å². The molecule has 0 atom stereocenters. The number of halogens is 2. The molecule has 0 aliphatic heterocycles. The van der Waals surface area contributed by atoms with Gasteiger partial charge in [-0.1, -0.05) is 33.6 Å². The van der Waals surface area contributed by atoms with Gasteiger partial charge in [0.15, 0.2) is 0 Å². The van der Waals surface area contributed by atoms with Gasteiger partial charge in [0.25, 0.3) is 10.1 Å². The van der Waals surface area contributed by atoms with Gasteiger partial charge in [-0.2, -0.15) is 8.42 Å². The summed E-state index contributed by atoms with van der Waals surface area (Å²) in [6.45, 7) is 0.0105. The lowest BCUT2D eigenvalue weighted by Gasteiger charge is -2.04. The molecule has 0 heterocycles. The largest absolute Gasteiger partial charge is 0.265 e. The first-order chi connectivity index (χ1) is 6.38. The fourth-order valence-corrected chi connectivity index (χ4v) is 1.95. The van der Waals surface area contributed by atoms with Crippen LogP contribution in [0, 0.1) is 0 Å². The summed E-state index contributed by atoms with van der Waals surface area (Å²) in [7, 11) is -3.40. The van der Waals surface area contributed by atoms with E-state index in [0.29, 0.717) is 5.02 Å². The van der Waals surface area contributed by atoms with Crippen LogP contribution >= 0.6 is 27.5 Å². The minimum atomic E-state index is -3.40. The van der Waals surface area contributed by atoms with Crippen molar-refractivity contribution in [2.45, 2.75) is 6.61 Å². The monoisotopic (exact) mass is 298 g/mol. The molecule has 0 unspecified atom stereocenters. The Morgan fingerprint density at radius 1 is 1.50 bits per heavy atom. The van der Waals surface area contributed by atoms with Crippen LogP contribution in [0.25, 0.3) is 0 Å². The Labute approximate surface area is 96.3 Å². The Hall–Kier alpha value is -0.100. The van der Waals surface area contributed by atoms with E-state index in [2.05, 4.69) is 20.1 Å². The quantitative estimate of drug-likeness (QED) is 0.806. The molecule has 0 aromatic heterocycles. The van der Waals surface area contributed by atoms with E-state index in [0.717, 1.165) is 16.3 Å². The lowest BCUT2D eigenvalue weighted by Crippen LogP contribution is -2.02. The van der Waals surface area contributed by atoms with Crippen LogP contribution in [-0.2, 0) is 20.9 Å². The highest BCUT2D eigenvalue weighted by Crippen LogP contribution is 2.22. The summed E-state index contributed by atoms with van der Waals surface area (Å²) in [6.07, 6.45) is 1.01. The Kier molecular flexibility index (Phi) is 3.94. The van der Waals surface area contributed by atoms with E-state index in [4.69, 9.17) is 11.6 Å². The Bertz CT molecular complexity index is 430. The molecule has 1 rings (SSSR count). The molecule has 0 radical (unpaired) electrons. The Morgan fingerprint density at radius 3 is 2.64 bits per heavy atom. The van der Waals surface area contributed by atoms with E-state index in [1.807, 2.05) is 0 Å². The molecule has 14 heavy (non-hydrogen) atoms. The summed E-state index contributed by atoms with van der Waals surface area (Å²) in [5, 5.41) is 0.583. The third-order valence-corrected chi connectivity index (χ3v) is 2.96. The van der Waals surface area contributed by atoms with Gasteiger partial charge in [0.05, 0.1) is 12.9 Å². The maximum atomic E-state index is 10.7. The number of hydrogen-bond acceptors (Lipinski definition) is 3. The second-order valence-electron chi connectivity index (χ2n) is 2.70. The number of rotatable bonds is 3. The second-order valence-corrected chi connectivity index (χ2v) is 5.64. The summed E-state index contributed by atoms with van der Waals surface area (Å²) in [5.41, 5.74) is 0.736. The van der Waals surface area contributed by atoms with Gasteiger partial charge < -0.3 is 0 Å². The van der Waals surface area contributed by atoms with Crippen molar-refractivity contribution in [1.29, 1.82) is 0 Å². The van der Waals surface area contributed by atoms with Crippen molar-refractivity contribution >= 4 is 37.6 Å². The average Bonchev–Trinajstić information content (AvgIpc) is 2.00. The molecule has 1 aromatic carbocycles. The Balaban J connectivity index is 2.78. The lowest BCUT2D eigenvalue weighted by molar-refractivity contribution is 0.311. The molecule has 0 saturated carbocycles. The Morgan fingerprint density at radius 2 is 2.14 bits per heavy atom. The molecular weight excluding hydrogens is 292 g/mol. The van der Waals surface area contributed by atoms with Crippen molar-refractivity contribution in [3.8, 4) is 0 Å². The van der Waals surface area contributed by atoms with Gasteiger partial charge in [-0.05, 0) is 17.7 Å². The molecule has 3 nitrogen and oxygen atoms in total. The fourth-order valence-electron chi connectivity index (χ4n) is 0.809. The van der Waals surface area contributed by atoms with Gasteiger partial charge in [0, 0.05) is 9.50 Å². The standard InChI is InChI=1S/C8H8BrClO3S/c1-14(11,12)13-5-6-2-3-7(10)4-8(6)9/h2-4H,5H2,1H3. The maximum Gasteiger partial charge on any atom is 0.264 e. The third kappa shape index (κ3) is 3.96. The molecule has 78 valence electrons. The van der Waals surface area contributed by atoms with Gasteiger partial charge >= 0.3 is 0 Å². The van der Waals surface area contributed by atoms with Crippen molar-refractivity contribution in [3.05, 3.63) is 33.3 Å². The maximum absolute atomic E-state index is 10.7. The summed E-state index contributed by atoms with van der Waals surface area (Å²) in [6, 6.07) is 5.06. The van der Waals surface area contributed by atoms with Crippen LogP contribution in [0.15, 0.2) is 22.7 Å². The number of hydrogen-bond donors (Lipinski definition) is 0. The predicted molar refractivity (Wildman–Crippen MR) is 58.8 cm³/mol. The summed E-state index contributed by atoms with van der Waals surface area (Å²) in [5.74, 6) is 0. The van der Waals surface area contributed by atoms with Gasteiger partial charge in [0.1, 0.15) is 0 Å². The topological polar surface area (TPSA) is 43.4 Å². The van der Waals surface area contributed by atoms with E-state index < -0.39 is 10.1 Å². The summed E-state index contributed by atoms with van der Waals surface area (Å²) < 4.78 is 26.8. The first kappa shape index (κ1) is 12.0. The normalized spacial score (nSPS) is 11.6. The smallest absolute Gasteiger partial charge is 0.264 e. The van der Waals surface area contributed by atoms with Crippen molar-refractivity contribution in [2.24, 2.45) is 0 Å². The van der Waals surface area contributed by atoms with E-state index >= 15 is 0 Å². The van der Waals surface area contributed by atoms with Crippen LogP contribution in [0.1, 0.15) is 5.56 Å². The fraction of sp³-hybridized carbons (Fsp3) is 0.250. The van der Waals surface area contributed by atoms with Crippen LogP contribution in [0.2, 0.25) is 5.02 Å². The van der Waals surface area contributed by atoms with Crippen LogP contribution in [0.5, 0.6) is 0 Å². The van der Waals surface area contributed by atoms with Crippen LogP contribution in [-0.4, -0.2) is 14.7 Å². The molecule has 0 bridgehead atoms. The minimum Gasteiger partial charge on any atom is -0.265 e. The molecule has 0 N–H and O–H groups in total. The third-order valence-electron chi connectivity index (χ3n) is 1.44. The van der Waals surface area contributed by atoms with E-state index in [1.165, 1.54) is 0 Å². The van der Waals surface area contributed by atoms with Gasteiger partial charge in [-0.15, -0.1) is 0 Å². The molecule has 0 spiro atoms. The molecule has 0 aliphatic carbocycles. The molecule has 0 saturated heterocycles. The first-order valence-corrected chi connectivity index (χ1v) is 6.65. The highest BCUT2D eigenvalue weighted by atomic mass is 79.9. The molecule has 0 amide bonds. The molecular formula is C8H8BrClO3S. The van der Waals surface area contributed by atoms with Crippen molar-refractivity contribution < 1.29 is 12.6 Å². The van der Waals surface area contributed by atoms with Crippen molar-refractivity contribution in [1.82, 2.24) is 0 Å². The van der Waals surface area contributed by atoms with Gasteiger partial charge in [-0.25, -0.2) is 0 Å². The van der Waals surface area contributed by atoms with E-state index in [-0.39, 0.29) is 6.61 Å². The summed E-state index contributed by atoms with van der Waals surface area (Å²) >= 11 is 8.97. The predicted octanol–water partition coefficient (Wildman–Crippen LogP) is 2.58. The van der Waals surface area contributed by atoms with Crippen molar-refractivity contribution in [2.75, 3.05) is 6.26 Å². The molecule has 0 fully saturated rings. The second kappa shape index (κ2) is 4.61. The molecule has 1 aromatic rings. The highest BCUT2D eigenvalue weighted by molar-refractivity contribution is 9.10. The zero-order chi connectivity index (χ0) is 10.8. The lowest BCUT2D eigenvalue weighted by atomic mass is 10.2. The van der Waals surface area contributed by atoms with E-state index in [1.54, 1.807) is 18.2 Å². The highest BCUT2D eigenvalue weighted by Gasteiger charge is 2.05. The van der Waals surface area contributed by atoms with Crippen molar-refractivity contribution in [3.63, 3.8) is 0 Å². The summed E-state index contributed by atoms with van der Waals surface area (Å²) in [4.78, 5) is 0. The SMILES string of the molecule is CS(=O)(=O)OCc1ccc(Cl)cc1Br. The first-order valence-electron chi connectivity index (χ1n) is 3.67. The zero-order valence-electron chi connectivity index (χ0n) is 7.33.